The Kier molecular flexibility index (Phi) is 10.1. The zero-order valence-corrected chi connectivity index (χ0v) is 22.5. The van der Waals surface area contributed by atoms with E-state index in [4.69, 9.17) is 14.2 Å². The van der Waals surface area contributed by atoms with Gasteiger partial charge in [0.05, 0.1) is 7.11 Å². The number of amides is 2. The van der Waals surface area contributed by atoms with Crippen LogP contribution in [0.15, 0.2) is 65.1 Å². The Labute approximate surface area is 224 Å². The van der Waals surface area contributed by atoms with Crippen molar-refractivity contribution in [2.45, 2.75) is 33.1 Å². The zero-order valence-electron chi connectivity index (χ0n) is 20.9. The Morgan fingerprint density at radius 1 is 0.757 bits per heavy atom. The number of nitrogens with one attached hydrogen (secondary N) is 2. The molecule has 0 heterocycles. The van der Waals surface area contributed by atoms with Crippen molar-refractivity contribution in [2.24, 2.45) is 0 Å². The largest absolute Gasteiger partial charge is 0.497 e. The molecule has 3 aromatic carbocycles. The van der Waals surface area contributed by atoms with Crippen molar-refractivity contribution in [3.63, 3.8) is 0 Å². The van der Waals surface area contributed by atoms with Gasteiger partial charge in [0.1, 0.15) is 17.2 Å². The lowest BCUT2D eigenvalue weighted by Crippen LogP contribution is -2.21. The van der Waals surface area contributed by atoms with Crippen molar-refractivity contribution in [2.75, 3.05) is 24.4 Å². The topological polar surface area (TPSA) is 103 Å². The fourth-order valence-corrected chi connectivity index (χ4v) is 3.76. The lowest BCUT2D eigenvalue weighted by atomic mass is 10.1. The summed E-state index contributed by atoms with van der Waals surface area (Å²) in [5, 5.41) is 5.52. The minimum atomic E-state index is -0.535. The van der Waals surface area contributed by atoms with Crippen molar-refractivity contribution < 1.29 is 28.6 Å². The lowest BCUT2D eigenvalue weighted by Gasteiger charge is -2.12. The van der Waals surface area contributed by atoms with Crippen LogP contribution >= 0.6 is 15.9 Å². The Hall–Kier alpha value is -3.85. The van der Waals surface area contributed by atoms with Crippen LogP contribution in [-0.2, 0) is 19.1 Å². The number of methoxy groups -OCH3 is 1. The molecule has 0 fully saturated rings. The van der Waals surface area contributed by atoms with E-state index in [-0.39, 0.29) is 25.4 Å². The van der Waals surface area contributed by atoms with E-state index >= 15 is 0 Å². The van der Waals surface area contributed by atoms with Gasteiger partial charge in [0, 0.05) is 28.7 Å². The lowest BCUT2D eigenvalue weighted by molar-refractivity contribution is -0.147. The standard InChI is InChI=1S/C28H29BrN2O6/c1-18-19(2)25(16-15-24(18)29)31-27(33)17-36-28(34)6-4-5-26(32)30-20-7-9-22(10-8-20)37-23-13-11-21(35-3)12-14-23/h7-16H,4-6,17H2,1-3H3,(H,30,32)(H,31,33). The van der Waals surface area contributed by atoms with E-state index in [0.29, 0.717) is 29.3 Å². The van der Waals surface area contributed by atoms with Crippen molar-refractivity contribution in [1.29, 1.82) is 0 Å². The molecule has 3 aromatic rings. The number of rotatable bonds is 11. The van der Waals surface area contributed by atoms with Gasteiger partial charge in [-0.1, -0.05) is 15.9 Å². The summed E-state index contributed by atoms with van der Waals surface area (Å²) in [6.45, 7) is 3.46. The molecule has 194 valence electrons. The first-order valence-electron chi connectivity index (χ1n) is 11.7. The fourth-order valence-electron chi connectivity index (χ4n) is 3.33. The second-order valence-electron chi connectivity index (χ2n) is 8.26. The van der Waals surface area contributed by atoms with E-state index in [1.54, 1.807) is 61.7 Å². The van der Waals surface area contributed by atoms with Crippen molar-refractivity contribution in [3.8, 4) is 17.2 Å². The predicted molar refractivity (Wildman–Crippen MR) is 145 cm³/mol. The third-order valence-corrected chi connectivity index (χ3v) is 6.44. The maximum absolute atomic E-state index is 12.2. The number of carbonyl (C=O) groups is 3. The molecule has 0 bridgehead atoms. The average molecular weight is 569 g/mol. The first-order chi connectivity index (χ1) is 17.7. The van der Waals surface area contributed by atoms with E-state index < -0.39 is 11.9 Å². The Bertz CT molecular complexity index is 1240. The molecular weight excluding hydrogens is 540 g/mol. The van der Waals surface area contributed by atoms with Crippen LogP contribution < -0.4 is 20.1 Å². The van der Waals surface area contributed by atoms with Crippen LogP contribution in [0.4, 0.5) is 11.4 Å². The van der Waals surface area contributed by atoms with E-state index in [1.165, 1.54) is 0 Å². The molecule has 8 nitrogen and oxygen atoms in total. The van der Waals surface area contributed by atoms with Gasteiger partial charge in [-0.25, -0.2) is 0 Å². The highest BCUT2D eigenvalue weighted by Crippen LogP contribution is 2.26. The molecule has 0 aliphatic carbocycles. The molecule has 9 heteroatoms. The Morgan fingerprint density at radius 3 is 2.03 bits per heavy atom. The Balaban J connectivity index is 1.34. The SMILES string of the molecule is COc1ccc(Oc2ccc(NC(=O)CCCC(=O)OCC(=O)Nc3ccc(Br)c(C)c3C)cc2)cc1. The first kappa shape index (κ1) is 27.7. The molecular formula is C28H29BrN2O6. The summed E-state index contributed by atoms with van der Waals surface area (Å²) < 4.78 is 16.9. The summed E-state index contributed by atoms with van der Waals surface area (Å²) in [5.74, 6) is 0.851. The van der Waals surface area contributed by atoms with Gasteiger partial charge in [-0.3, -0.25) is 14.4 Å². The average Bonchev–Trinajstić information content (AvgIpc) is 2.89. The van der Waals surface area contributed by atoms with Crippen LogP contribution in [-0.4, -0.2) is 31.5 Å². The highest BCUT2D eigenvalue weighted by atomic mass is 79.9. The monoisotopic (exact) mass is 568 g/mol. The molecule has 0 saturated carbocycles. The second kappa shape index (κ2) is 13.5. The molecule has 0 atom stereocenters. The van der Waals surface area contributed by atoms with Crippen molar-refractivity contribution >= 4 is 45.1 Å². The summed E-state index contributed by atoms with van der Waals surface area (Å²) in [4.78, 5) is 36.3. The van der Waals surface area contributed by atoms with Crippen LogP contribution in [0.1, 0.15) is 30.4 Å². The normalized spacial score (nSPS) is 10.4. The number of carbonyl (C=O) groups excluding carboxylic acids is 3. The minimum Gasteiger partial charge on any atom is -0.497 e. The molecule has 0 radical (unpaired) electrons. The molecule has 0 aliphatic rings. The van der Waals surface area contributed by atoms with E-state index in [9.17, 15) is 14.4 Å². The maximum atomic E-state index is 12.2. The van der Waals surface area contributed by atoms with Gasteiger partial charge in [-0.05, 0) is 92.1 Å². The number of ether oxygens (including phenoxy) is 3. The van der Waals surface area contributed by atoms with Crippen LogP contribution in [0.5, 0.6) is 17.2 Å². The van der Waals surface area contributed by atoms with Gasteiger partial charge in [-0.2, -0.15) is 0 Å². The van der Waals surface area contributed by atoms with Gasteiger partial charge in [0.25, 0.3) is 5.91 Å². The molecule has 0 saturated heterocycles. The number of hydrogen-bond donors (Lipinski definition) is 2. The quantitative estimate of drug-likeness (QED) is 0.268. The summed E-state index contributed by atoms with van der Waals surface area (Å²) >= 11 is 3.45. The number of halogens is 1. The first-order valence-corrected chi connectivity index (χ1v) is 12.5. The Morgan fingerprint density at radius 2 is 1.38 bits per heavy atom. The summed E-state index contributed by atoms with van der Waals surface area (Å²) in [6.07, 6.45) is 0.477. The molecule has 2 amide bonds. The van der Waals surface area contributed by atoms with Gasteiger partial charge < -0.3 is 24.8 Å². The van der Waals surface area contributed by atoms with Gasteiger partial charge in [0.2, 0.25) is 5.91 Å². The van der Waals surface area contributed by atoms with Crippen molar-refractivity contribution in [1.82, 2.24) is 0 Å². The van der Waals surface area contributed by atoms with Crippen molar-refractivity contribution in [3.05, 3.63) is 76.3 Å². The zero-order chi connectivity index (χ0) is 26.8. The third-order valence-electron chi connectivity index (χ3n) is 5.58. The number of benzene rings is 3. The molecule has 0 unspecified atom stereocenters. The molecule has 0 aliphatic heterocycles. The van der Waals surface area contributed by atoms with Gasteiger partial charge in [0.15, 0.2) is 6.61 Å². The molecule has 0 spiro atoms. The van der Waals surface area contributed by atoms with E-state index in [1.807, 2.05) is 19.9 Å². The fraction of sp³-hybridized carbons (Fsp3) is 0.250. The highest BCUT2D eigenvalue weighted by molar-refractivity contribution is 9.10. The van der Waals surface area contributed by atoms with E-state index in [2.05, 4.69) is 26.6 Å². The summed E-state index contributed by atoms with van der Waals surface area (Å²) in [5.41, 5.74) is 3.23. The highest BCUT2D eigenvalue weighted by Gasteiger charge is 2.12. The number of anilines is 2. The van der Waals surface area contributed by atoms with Crippen LogP contribution in [0, 0.1) is 13.8 Å². The molecule has 37 heavy (non-hydrogen) atoms. The van der Waals surface area contributed by atoms with Gasteiger partial charge in [-0.15, -0.1) is 0 Å². The second-order valence-corrected chi connectivity index (χ2v) is 9.11. The number of hydrogen-bond acceptors (Lipinski definition) is 6. The molecule has 3 rings (SSSR count). The molecule has 2 N–H and O–H groups in total. The molecule has 0 aromatic heterocycles. The third kappa shape index (κ3) is 8.64. The van der Waals surface area contributed by atoms with Crippen LogP contribution in [0.2, 0.25) is 0 Å². The predicted octanol–water partition coefficient (Wildman–Crippen LogP) is 6.16. The smallest absolute Gasteiger partial charge is 0.306 e. The summed E-state index contributed by atoms with van der Waals surface area (Å²) in [7, 11) is 1.60. The van der Waals surface area contributed by atoms with E-state index in [0.717, 1.165) is 21.3 Å². The number of esters is 1. The minimum absolute atomic E-state index is 0.0335. The van der Waals surface area contributed by atoms with Crippen LogP contribution in [0.3, 0.4) is 0 Å². The summed E-state index contributed by atoms with van der Waals surface area (Å²) in [6, 6.07) is 17.8. The maximum Gasteiger partial charge on any atom is 0.306 e. The van der Waals surface area contributed by atoms with Crippen LogP contribution in [0.25, 0.3) is 0 Å². The van der Waals surface area contributed by atoms with Gasteiger partial charge >= 0.3 is 5.97 Å².